The topological polar surface area (TPSA) is 112 Å². The van der Waals surface area contributed by atoms with Gasteiger partial charge < -0.3 is 25.8 Å². The first kappa shape index (κ1) is 32.2. The van der Waals surface area contributed by atoms with E-state index in [1.807, 2.05) is 30.3 Å². The van der Waals surface area contributed by atoms with Crippen molar-refractivity contribution in [2.24, 2.45) is 5.92 Å². The summed E-state index contributed by atoms with van der Waals surface area (Å²) in [6.45, 7) is 3.31. The van der Waals surface area contributed by atoms with Crippen LogP contribution in [0.4, 0.5) is 15.9 Å². The summed E-state index contributed by atoms with van der Waals surface area (Å²) < 4.78 is 21.2. The number of aliphatic hydroxyl groups is 1. The Kier molecular flexibility index (Phi) is 10.0. The van der Waals surface area contributed by atoms with E-state index in [2.05, 4.69) is 30.8 Å². The van der Waals surface area contributed by atoms with E-state index in [0.29, 0.717) is 69.9 Å². The van der Waals surface area contributed by atoms with Gasteiger partial charge in [0.15, 0.2) is 11.6 Å². The lowest BCUT2D eigenvalue weighted by atomic mass is 10.0. The molecule has 0 radical (unpaired) electrons. The summed E-state index contributed by atoms with van der Waals surface area (Å²) >= 11 is 13.9. The van der Waals surface area contributed by atoms with Gasteiger partial charge in [-0.2, -0.15) is 0 Å². The molecule has 2 fully saturated rings. The van der Waals surface area contributed by atoms with Gasteiger partial charge in [-0.25, -0.2) is 9.37 Å². The number of hydrogen-bond acceptors (Lipinski definition) is 8. The highest BCUT2D eigenvalue weighted by Crippen LogP contribution is 2.42. The van der Waals surface area contributed by atoms with Gasteiger partial charge in [-0.3, -0.25) is 14.7 Å². The third kappa shape index (κ3) is 6.96. The maximum Gasteiger partial charge on any atom is 0.220 e. The monoisotopic (exact) mass is 664 g/mol. The van der Waals surface area contributed by atoms with E-state index in [1.54, 1.807) is 37.7 Å². The average Bonchev–Trinajstić information content (AvgIpc) is 3.46. The number of rotatable bonds is 12. The summed E-state index contributed by atoms with van der Waals surface area (Å²) in [5.41, 5.74) is 4.63. The van der Waals surface area contributed by atoms with Crippen LogP contribution in [-0.2, 0) is 17.9 Å². The molecular formula is C34H35Cl2FN6O3. The molecule has 1 atom stereocenters. The molecule has 4 heterocycles. The van der Waals surface area contributed by atoms with E-state index in [9.17, 15) is 9.90 Å². The number of carbonyl (C=O) groups excluding carboxylic acids is 1. The van der Waals surface area contributed by atoms with Crippen LogP contribution < -0.4 is 20.7 Å². The highest BCUT2D eigenvalue weighted by Gasteiger charge is 2.27. The minimum Gasteiger partial charge on any atom is -0.496 e. The molecule has 4 N–H and O–H groups in total. The Morgan fingerprint density at radius 1 is 1.07 bits per heavy atom. The molecule has 0 unspecified atom stereocenters. The van der Waals surface area contributed by atoms with Gasteiger partial charge in [-0.05, 0) is 30.7 Å². The van der Waals surface area contributed by atoms with Crippen LogP contribution in [-0.4, -0.2) is 65.3 Å². The molecular weight excluding hydrogens is 630 g/mol. The summed E-state index contributed by atoms with van der Waals surface area (Å²) in [6, 6.07) is 14.8. The third-order valence-corrected chi connectivity index (χ3v) is 9.23. The molecule has 2 saturated heterocycles. The normalized spacial score (nSPS) is 16.7. The van der Waals surface area contributed by atoms with Crippen molar-refractivity contribution < 1.29 is 19.0 Å². The van der Waals surface area contributed by atoms with E-state index in [4.69, 9.17) is 27.9 Å². The molecule has 4 aromatic rings. The molecule has 0 aliphatic carbocycles. The van der Waals surface area contributed by atoms with Crippen molar-refractivity contribution in [1.82, 2.24) is 25.5 Å². The molecule has 6 rings (SSSR count). The maximum atomic E-state index is 15.5. The second-order valence-electron chi connectivity index (χ2n) is 11.6. The molecule has 0 saturated carbocycles. The van der Waals surface area contributed by atoms with Crippen molar-refractivity contribution in [3.8, 4) is 28.1 Å². The van der Waals surface area contributed by atoms with Crippen molar-refractivity contribution in [3.05, 3.63) is 87.9 Å². The maximum absolute atomic E-state index is 15.5. The molecule has 12 heteroatoms. The van der Waals surface area contributed by atoms with Gasteiger partial charge in [0.05, 0.1) is 28.5 Å². The lowest BCUT2D eigenvalue weighted by Gasteiger charge is -2.38. The number of methoxy groups -OCH3 is 1. The Bertz CT molecular complexity index is 1740. The van der Waals surface area contributed by atoms with E-state index >= 15 is 4.39 Å². The number of amides is 1. The number of aliphatic hydroxyl groups excluding tert-OH is 1. The van der Waals surface area contributed by atoms with Crippen LogP contribution >= 0.6 is 23.2 Å². The molecule has 1 amide bonds. The Morgan fingerprint density at radius 3 is 2.63 bits per heavy atom. The van der Waals surface area contributed by atoms with Crippen molar-refractivity contribution in [1.29, 1.82) is 0 Å². The SMILES string of the molecule is COc1cc(-c2nccc(-c3cccc(Nc4nccc(CN5CC(CO)C5)c4F)c3Cl)c2Cl)ccc1CNC[C@H]1CCC(=O)N1. The van der Waals surface area contributed by atoms with Gasteiger partial charge in [0.2, 0.25) is 5.91 Å². The second-order valence-corrected chi connectivity index (χ2v) is 12.4. The highest BCUT2D eigenvalue weighted by atomic mass is 35.5. The van der Waals surface area contributed by atoms with Gasteiger partial charge in [0.1, 0.15) is 5.75 Å². The van der Waals surface area contributed by atoms with Crippen LogP contribution in [0.15, 0.2) is 60.9 Å². The Labute approximate surface area is 277 Å². The summed E-state index contributed by atoms with van der Waals surface area (Å²) in [5.74, 6) is 0.654. The van der Waals surface area contributed by atoms with E-state index in [1.165, 1.54) is 0 Å². The van der Waals surface area contributed by atoms with Crippen LogP contribution in [0.5, 0.6) is 5.75 Å². The molecule has 0 bridgehead atoms. The van der Waals surface area contributed by atoms with E-state index < -0.39 is 5.82 Å². The molecule has 2 aromatic heterocycles. The minimum absolute atomic E-state index is 0.0759. The van der Waals surface area contributed by atoms with Crippen LogP contribution in [0.3, 0.4) is 0 Å². The fourth-order valence-electron chi connectivity index (χ4n) is 5.92. The van der Waals surface area contributed by atoms with Gasteiger partial charge >= 0.3 is 0 Å². The number of likely N-dealkylation sites (tertiary alicyclic amines) is 1. The van der Waals surface area contributed by atoms with Crippen LogP contribution in [0.25, 0.3) is 22.4 Å². The van der Waals surface area contributed by atoms with Crippen molar-refractivity contribution in [2.45, 2.75) is 32.0 Å². The molecule has 2 aliphatic rings. The predicted molar refractivity (Wildman–Crippen MR) is 178 cm³/mol. The molecule has 9 nitrogen and oxygen atoms in total. The van der Waals surface area contributed by atoms with Crippen LogP contribution in [0.1, 0.15) is 24.0 Å². The predicted octanol–water partition coefficient (Wildman–Crippen LogP) is 5.80. The number of ether oxygens (including phenoxy) is 1. The zero-order valence-electron chi connectivity index (χ0n) is 25.3. The number of halogens is 3. The molecule has 240 valence electrons. The van der Waals surface area contributed by atoms with Crippen LogP contribution in [0, 0.1) is 11.7 Å². The number of carbonyl (C=O) groups is 1. The molecule has 2 aromatic carbocycles. The van der Waals surface area contributed by atoms with Gasteiger partial charge in [-0.1, -0.05) is 47.5 Å². The van der Waals surface area contributed by atoms with Gasteiger partial charge in [0.25, 0.3) is 0 Å². The quantitative estimate of drug-likeness (QED) is 0.150. The number of anilines is 2. The van der Waals surface area contributed by atoms with Crippen molar-refractivity contribution in [3.63, 3.8) is 0 Å². The Hall–Kier alpha value is -3.80. The van der Waals surface area contributed by atoms with Crippen LogP contribution in [0.2, 0.25) is 10.0 Å². The first-order chi connectivity index (χ1) is 22.3. The number of aromatic nitrogens is 2. The third-order valence-electron chi connectivity index (χ3n) is 8.44. The minimum atomic E-state index is -0.446. The van der Waals surface area contributed by atoms with Gasteiger partial charge in [0, 0.05) is 97.9 Å². The summed E-state index contributed by atoms with van der Waals surface area (Å²) in [6.07, 6.45) is 4.64. The first-order valence-corrected chi connectivity index (χ1v) is 15.9. The highest BCUT2D eigenvalue weighted by molar-refractivity contribution is 6.39. The van der Waals surface area contributed by atoms with E-state index in [-0.39, 0.29) is 30.3 Å². The van der Waals surface area contributed by atoms with Crippen molar-refractivity contribution in [2.75, 3.05) is 38.7 Å². The molecule has 46 heavy (non-hydrogen) atoms. The molecule has 2 aliphatic heterocycles. The largest absolute Gasteiger partial charge is 0.496 e. The van der Waals surface area contributed by atoms with E-state index in [0.717, 1.165) is 30.6 Å². The lowest BCUT2D eigenvalue weighted by Crippen LogP contribution is -2.47. The summed E-state index contributed by atoms with van der Waals surface area (Å²) in [4.78, 5) is 22.4. The zero-order chi connectivity index (χ0) is 32.2. The second kappa shape index (κ2) is 14.3. The number of benzene rings is 2. The average molecular weight is 666 g/mol. The van der Waals surface area contributed by atoms with Crippen molar-refractivity contribution >= 4 is 40.6 Å². The fraction of sp³-hybridized carbons (Fsp3) is 0.324. The Balaban J connectivity index is 1.20. The standard InChI is InChI=1S/C34H35Cl2FN6O3/c1-46-28-13-21(5-6-22(28)14-38-15-24-7-8-29(45)41-24)33-31(36)26(10-12-39-33)25-3-2-4-27(30(25)35)42-34-32(37)23(9-11-40-34)18-43-16-20(17-43)19-44/h2-6,9-13,20,24,38,44H,7-8,14-19H2,1H3,(H,40,42)(H,41,45)/t24-/m1/s1. The molecule has 0 spiro atoms. The van der Waals surface area contributed by atoms with Gasteiger partial charge in [-0.15, -0.1) is 0 Å². The fourth-order valence-corrected chi connectivity index (χ4v) is 6.52. The number of pyridine rings is 2. The lowest BCUT2D eigenvalue weighted by molar-refractivity contribution is -0.119. The smallest absolute Gasteiger partial charge is 0.220 e. The zero-order valence-corrected chi connectivity index (χ0v) is 26.8. The number of nitrogens with one attached hydrogen (secondary N) is 3. The number of nitrogens with zero attached hydrogens (tertiary/aromatic N) is 3. The summed E-state index contributed by atoms with van der Waals surface area (Å²) in [5, 5.41) is 19.5. The Morgan fingerprint density at radius 2 is 1.87 bits per heavy atom. The first-order valence-electron chi connectivity index (χ1n) is 15.2. The number of hydrogen-bond donors (Lipinski definition) is 4. The summed E-state index contributed by atoms with van der Waals surface area (Å²) in [7, 11) is 1.62.